The van der Waals surface area contributed by atoms with Crippen molar-refractivity contribution in [1.82, 2.24) is 0 Å². The van der Waals surface area contributed by atoms with Crippen LogP contribution in [-0.2, 0) is 71.2 Å². The minimum Gasteiger partial charge on any atom is -0.427 e. The summed E-state index contributed by atoms with van der Waals surface area (Å²) in [5, 5.41) is 192. The van der Waals surface area contributed by atoms with E-state index >= 15 is 0 Å². The SMILES string of the molecule is C=C1C[C@@]23CC[C@@H]4C(C)(C(=O)OC5OC(CO)C(OC6OC(CO)C(O)C(O)C6O)C(=O)C5=O)CCC[C@@]4(C)[C@@H]2CC[C@]1(OC1OC(CO)C(O)C(OC2OC(CO)C(O)C(O)C2O)C1OC1OC(CO)C(OC2OC(CO)C(O)C(O)C2O)C(O)C1O)C3. The van der Waals surface area contributed by atoms with Gasteiger partial charge in [-0.1, -0.05) is 19.9 Å². The molecule has 33 nitrogen and oxygen atoms in total. The summed E-state index contributed by atoms with van der Waals surface area (Å²) < 4.78 is 71.1. The van der Waals surface area contributed by atoms with E-state index < -0.39 is 257 Å². The standard InChI is InChI=1S/C56H86O33/c1-19-11-55-9-5-26-53(2,7-4-8-54(26,3)52(77)88-50-41(76)36(71)43(25(17-62)83-50)85-47-38(73)33(68)29(64)21(13-58)79-47)27(55)6-10-56(19,18-55)89-51-45(44(31(66)23(15-60)81-51)86-48-39(74)34(69)30(65)22(14-59)80-48)87-49-40(75)35(70)42(24(16-61)82-49)84-46-37(72)32(67)28(63)20(12-57)78-46/h20-35,37-40,42-51,57-70,72-75H,1,4-18H2,2-3H3/t20?,21?,22?,23?,24?,25?,26-,27-,28?,29?,30?,31?,32?,33?,34?,35?,37?,38?,39?,40?,42?,43?,44?,45?,46?,47?,48?,49?,50?,51?,53+,54?,55+,56-/m0/s1. The Kier molecular flexibility index (Phi) is 20.9. The van der Waals surface area contributed by atoms with Gasteiger partial charge in [0, 0.05) is 0 Å². The van der Waals surface area contributed by atoms with Gasteiger partial charge in [0.15, 0.2) is 37.6 Å². The molecule has 0 amide bonds. The van der Waals surface area contributed by atoms with Crippen LogP contribution in [0.5, 0.6) is 0 Å². The number of aliphatic hydroxyl groups excluding tert-OH is 18. The van der Waals surface area contributed by atoms with Gasteiger partial charge in [-0.15, -0.1) is 0 Å². The van der Waals surface area contributed by atoms with Crippen LogP contribution in [0.1, 0.15) is 71.6 Å². The number of fused-ring (bicyclic) bond motifs is 3. The van der Waals surface area contributed by atoms with Crippen molar-refractivity contribution < 1.29 is 163 Å². The molecule has 0 radical (unpaired) electrons. The van der Waals surface area contributed by atoms with Gasteiger partial charge in [0.1, 0.15) is 128 Å². The molecule has 18 N–H and O–H groups in total. The minimum atomic E-state index is -2.18. The Morgan fingerprint density at radius 3 is 1.45 bits per heavy atom. The molecule has 1 spiro atoms. The molecule has 33 heteroatoms. The Bertz CT molecular complexity index is 2490. The first-order valence-corrected chi connectivity index (χ1v) is 30.1. The van der Waals surface area contributed by atoms with Crippen molar-refractivity contribution in [3.8, 4) is 0 Å². The van der Waals surface area contributed by atoms with Gasteiger partial charge in [-0.2, -0.15) is 0 Å². The molecule has 4 saturated carbocycles. The molecule has 10 rings (SSSR count). The molecule has 508 valence electrons. The molecule has 6 aliphatic heterocycles. The Balaban J connectivity index is 0.881. The second-order valence-corrected chi connectivity index (χ2v) is 26.1. The molecule has 0 aromatic carbocycles. The average Bonchev–Trinajstić information content (AvgIpc) is 1.67. The monoisotopic (exact) mass is 1290 g/mol. The van der Waals surface area contributed by atoms with Crippen molar-refractivity contribution >= 4 is 17.5 Å². The Morgan fingerprint density at radius 1 is 0.472 bits per heavy atom. The predicted octanol–water partition coefficient (Wildman–Crippen LogP) is -9.05. The second kappa shape index (κ2) is 26.9. The number of carbonyl (C=O) groups is 3. The van der Waals surface area contributed by atoms with Crippen LogP contribution in [-0.4, -0.2) is 327 Å². The molecule has 0 aromatic rings. The number of ketones is 2. The number of rotatable bonds is 18. The fourth-order valence-corrected chi connectivity index (χ4v) is 16.2. The maximum atomic E-state index is 14.7. The molecule has 2 bridgehead atoms. The van der Waals surface area contributed by atoms with E-state index in [2.05, 4.69) is 13.5 Å². The van der Waals surface area contributed by atoms with Gasteiger partial charge >= 0.3 is 5.97 Å². The lowest BCUT2D eigenvalue weighted by atomic mass is 9.41. The van der Waals surface area contributed by atoms with E-state index in [1.54, 1.807) is 6.92 Å². The van der Waals surface area contributed by atoms with Crippen LogP contribution < -0.4 is 0 Å². The van der Waals surface area contributed by atoms with Gasteiger partial charge in [-0.25, -0.2) is 0 Å². The zero-order valence-corrected chi connectivity index (χ0v) is 48.8. The molecule has 29 unspecified atom stereocenters. The van der Waals surface area contributed by atoms with Crippen LogP contribution in [0, 0.1) is 28.1 Å². The molecule has 6 saturated heterocycles. The van der Waals surface area contributed by atoms with E-state index in [-0.39, 0.29) is 18.8 Å². The summed E-state index contributed by atoms with van der Waals surface area (Å²) in [7, 11) is 0. The second-order valence-electron chi connectivity index (χ2n) is 26.1. The fraction of sp³-hybridized carbons (Fsp3) is 0.911. The summed E-state index contributed by atoms with van der Waals surface area (Å²) in [4.78, 5) is 42.0. The zero-order chi connectivity index (χ0) is 64.7. The number of ether oxygens (including phenoxy) is 12. The highest BCUT2D eigenvalue weighted by molar-refractivity contribution is 6.41. The molecule has 4 aliphatic carbocycles. The van der Waals surface area contributed by atoms with E-state index in [1.165, 1.54) is 0 Å². The summed E-state index contributed by atoms with van der Waals surface area (Å²) >= 11 is 0. The molecule has 0 aromatic heterocycles. The number of aliphatic hydroxyl groups is 18. The third-order valence-electron chi connectivity index (χ3n) is 21.0. The predicted molar refractivity (Wildman–Crippen MR) is 282 cm³/mol. The van der Waals surface area contributed by atoms with E-state index in [9.17, 15) is 106 Å². The van der Waals surface area contributed by atoms with Crippen molar-refractivity contribution in [2.24, 2.45) is 28.1 Å². The Morgan fingerprint density at radius 2 is 0.921 bits per heavy atom. The van der Waals surface area contributed by atoms with E-state index in [0.717, 1.165) is 0 Å². The summed E-state index contributed by atoms with van der Waals surface area (Å²) in [6.45, 7) is 2.89. The topological polar surface area (TPSA) is 526 Å². The maximum Gasteiger partial charge on any atom is 0.314 e. The molecule has 89 heavy (non-hydrogen) atoms. The van der Waals surface area contributed by atoms with Gasteiger partial charge in [-0.3, -0.25) is 14.4 Å². The summed E-state index contributed by atoms with van der Waals surface area (Å²) in [5.74, 6) is -4.07. The Labute approximate surface area is 508 Å². The Hall–Kier alpha value is -2.61. The summed E-state index contributed by atoms with van der Waals surface area (Å²) in [5.41, 5.74) is -3.19. The van der Waals surface area contributed by atoms with E-state index in [4.69, 9.17) is 56.8 Å². The summed E-state index contributed by atoms with van der Waals surface area (Å²) in [6, 6.07) is 0. The number of hydrogen-bond acceptors (Lipinski definition) is 33. The average molecular weight is 1290 g/mol. The lowest BCUT2D eigenvalue weighted by Crippen LogP contribution is -2.68. The number of esters is 1. The first kappa shape index (κ1) is 69.2. The van der Waals surface area contributed by atoms with Crippen LogP contribution in [0.2, 0.25) is 0 Å². The first-order chi connectivity index (χ1) is 42.1. The van der Waals surface area contributed by atoms with Crippen molar-refractivity contribution in [2.75, 3.05) is 39.6 Å². The highest BCUT2D eigenvalue weighted by Gasteiger charge is 2.70. The fourth-order valence-electron chi connectivity index (χ4n) is 16.2. The van der Waals surface area contributed by atoms with Gasteiger partial charge in [0.2, 0.25) is 5.78 Å². The van der Waals surface area contributed by atoms with E-state index in [1.807, 2.05) is 0 Å². The minimum absolute atomic E-state index is 0.139. The van der Waals surface area contributed by atoms with Crippen LogP contribution >= 0.6 is 0 Å². The normalized spacial score (nSPS) is 52.8. The quantitative estimate of drug-likeness (QED) is 0.0262. The smallest absolute Gasteiger partial charge is 0.314 e. The van der Waals surface area contributed by atoms with Crippen LogP contribution in [0.15, 0.2) is 12.2 Å². The largest absolute Gasteiger partial charge is 0.427 e. The number of hydrogen-bond donors (Lipinski definition) is 18. The van der Waals surface area contributed by atoms with E-state index in [0.29, 0.717) is 50.5 Å². The lowest BCUT2D eigenvalue weighted by Gasteiger charge is -2.64. The van der Waals surface area contributed by atoms with Crippen molar-refractivity contribution in [2.45, 2.75) is 249 Å². The molecule has 10 fully saturated rings. The number of carbonyl (C=O) groups excluding carboxylic acids is 3. The summed E-state index contributed by atoms with van der Waals surface area (Å²) in [6.07, 6.45) is -48.4. The van der Waals surface area contributed by atoms with Crippen LogP contribution in [0.25, 0.3) is 0 Å². The van der Waals surface area contributed by atoms with Crippen LogP contribution in [0.4, 0.5) is 0 Å². The van der Waals surface area contributed by atoms with Gasteiger partial charge in [-0.05, 0) is 86.5 Å². The van der Waals surface area contributed by atoms with Crippen LogP contribution in [0.3, 0.4) is 0 Å². The van der Waals surface area contributed by atoms with Gasteiger partial charge < -0.3 is 149 Å². The highest BCUT2D eigenvalue weighted by atomic mass is 16.8. The van der Waals surface area contributed by atoms with Crippen molar-refractivity contribution in [3.05, 3.63) is 12.2 Å². The zero-order valence-electron chi connectivity index (χ0n) is 48.8. The third-order valence-corrected chi connectivity index (χ3v) is 21.0. The first-order valence-electron chi connectivity index (χ1n) is 30.1. The van der Waals surface area contributed by atoms with Crippen molar-refractivity contribution in [3.63, 3.8) is 0 Å². The molecule has 6 heterocycles. The molecule has 34 atom stereocenters. The maximum absolute atomic E-state index is 14.7. The highest BCUT2D eigenvalue weighted by Crippen LogP contribution is 2.74. The van der Waals surface area contributed by atoms with Gasteiger partial charge in [0.05, 0.1) is 50.7 Å². The third kappa shape index (κ3) is 12.1. The molecule has 10 aliphatic rings. The van der Waals surface area contributed by atoms with Crippen molar-refractivity contribution in [1.29, 1.82) is 0 Å². The number of Topliss-reactive ketones (excluding diaryl/α,β-unsaturated/α-hetero) is 2. The van der Waals surface area contributed by atoms with Gasteiger partial charge in [0.25, 0.3) is 12.1 Å². The molecular weight excluding hydrogens is 1200 g/mol. The lowest BCUT2D eigenvalue weighted by molar-refractivity contribution is -0.406. The molecular formula is C56H86O33.